The van der Waals surface area contributed by atoms with Crippen LogP contribution in [0.5, 0.6) is 0 Å². The van der Waals surface area contributed by atoms with Gasteiger partial charge in [0.05, 0.1) is 17.5 Å². The number of hydrazone groups is 1. The third kappa shape index (κ3) is 2.88. The van der Waals surface area contributed by atoms with E-state index in [1.807, 2.05) is 30.7 Å². The van der Waals surface area contributed by atoms with Gasteiger partial charge in [0.25, 0.3) is 5.91 Å². The minimum atomic E-state index is -0.569. The second-order valence-corrected chi connectivity index (χ2v) is 4.14. The predicted molar refractivity (Wildman–Crippen MR) is 71.6 cm³/mol. The smallest absolute Gasteiger partial charge is 0.274 e. The Bertz CT molecular complexity index is 631. The van der Waals surface area contributed by atoms with E-state index in [0.29, 0.717) is 0 Å². The molecule has 0 saturated carbocycles. The van der Waals surface area contributed by atoms with Gasteiger partial charge in [-0.15, -0.1) is 0 Å². The monoisotopic (exact) mass is 259 g/mol. The van der Waals surface area contributed by atoms with Gasteiger partial charge in [-0.3, -0.25) is 4.79 Å². The molecule has 0 spiro atoms. The minimum absolute atomic E-state index is 0.0253. The standard InChI is InChI=1S/C14H14FN3O/c1-10-7-8-11(18(10)2)9-16-17-14(19)12-5-3-4-6-13(12)15/h3-9H,1-2H3,(H,17,19)/b16-9+. The Hall–Kier alpha value is -2.43. The molecule has 0 aliphatic rings. The molecule has 0 unspecified atom stereocenters. The van der Waals surface area contributed by atoms with E-state index >= 15 is 0 Å². The van der Waals surface area contributed by atoms with E-state index < -0.39 is 11.7 Å². The minimum Gasteiger partial charge on any atom is -0.347 e. The molecule has 2 aromatic rings. The predicted octanol–water partition coefficient (Wildman–Crippen LogP) is 2.24. The third-order valence-corrected chi connectivity index (χ3v) is 2.89. The molecule has 0 bridgehead atoms. The maximum absolute atomic E-state index is 13.3. The molecule has 2 rings (SSSR count). The second-order valence-electron chi connectivity index (χ2n) is 4.14. The van der Waals surface area contributed by atoms with Crippen LogP contribution in [-0.4, -0.2) is 16.7 Å². The van der Waals surface area contributed by atoms with E-state index in [-0.39, 0.29) is 5.56 Å². The molecule has 0 fully saturated rings. The Morgan fingerprint density at radius 3 is 2.68 bits per heavy atom. The molecular formula is C14H14FN3O. The van der Waals surface area contributed by atoms with E-state index in [2.05, 4.69) is 10.5 Å². The first-order chi connectivity index (χ1) is 9.09. The number of amides is 1. The molecule has 0 saturated heterocycles. The Morgan fingerprint density at radius 1 is 1.32 bits per heavy atom. The summed E-state index contributed by atoms with van der Waals surface area (Å²) in [5, 5.41) is 3.82. The maximum Gasteiger partial charge on any atom is 0.274 e. The van der Waals surface area contributed by atoms with Crippen molar-refractivity contribution in [3.63, 3.8) is 0 Å². The first-order valence-electron chi connectivity index (χ1n) is 5.80. The largest absolute Gasteiger partial charge is 0.347 e. The Kier molecular flexibility index (Phi) is 3.75. The van der Waals surface area contributed by atoms with Crippen LogP contribution >= 0.6 is 0 Å². The average molecular weight is 259 g/mol. The molecule has 0 atom stereocenters. The zero-order chi connectivity index (χ0) is 13.8. The summed E-state index contributed by atoms with van der Waals surface area (Å²) in [6.45, 7) is 1.97. The fraction of sp³-hybridized carbons (Fsp3) is 0.143. The molecule has 1 heterocycles. The highest BCUT2D eigenvalue weighted by Gasteiger charge is 2.09. The lowest BCUT2D eigenvalue weighted by Crippen LogP contribution is -2.19. The van der Waals surface area contributed by atoms with Crippen LogP contribution in [0.1, 0.15) is 21.7 Å². The number of halogens is 1. The highest BCUT2D eigenvalue weighted by atomic mass is 19.1. The van der Waals surface area contributed by atoms with Crippen LogP contribution in [0.25, 0.3) is 0 Å². The molecule has 0 aliphatic carbocycles. The fourth-order valence-electron chi connectivity index (χ4n) is 1.63. The topological polar surface area (TPSA) is 46.4 Å². The number of nitrogens with zero attached hydrogens (tertiary/aromatic N) is 2. The number of hydrogen-bond acceptors (Lipinski definition) is 2. The van der Waals surface area contributed by atoms with Gasteiger partial charge in [-0.25, -0.2) is 9.82 Å². The second kappa shape index (κ2) is 5.48. The van der Waals surface area contributed by atoms with Crippen molar-refractivity contribution in [1.82, 2.24) is 9.99 Å². The van der Waals surface area contributed by atoms with Crippen LogP contribution < -0.4 is 5.43 Å². The van der Waals surface area contributed by atoms with Gasteiger partial charge in [0.2, 0.25) is 0 Å². The van der Waals surface area contributed by atoms with Gasteiger partial charge in [-0.1, -0.05) is 12.1 Å². The SMILES string of the molecule is Cc1ccc(/C=N/NC(=O)c2ccccc2F)n1C. The Balaban J connectivity index is 2.05. The zero-order valence-corrected chi connectivity index (χ0v) is 10.7. The lowest BCUT2D eigenvalue weighted by Gasteiger charge is -2.01. The van der Waals surface area contributed by atoms with E-state index in [0.717, 1.165) is 11.4 Å². The number of aromatic nitrogens is 1. The lowest BCUT2D eigenvalue weighted by molar-refractivity contribution is 0.0951. The van der Waals surface area contributed by atoms with E-state index in [1.54, 1.807) is 6.07 Å². The molecule has 1 aromatic carbocycles. The highest BCUT2D eigenvalue weighted by molar-refractivity contribution is 5.95. The Morgan fingerprint density at radius 2 is 2.05 bits per heavy atom. The molecular weight excluding hydrogens is 245 g/mol. The van der Waals surface area contributed by atoms with Crippen molar-refractivity contribution < 1.29 is 9.18 Å². The number of carbonyl (C=O) groups excluding carboxylic acids is 1. The van der Waals surface area contributed by atoms with Crippen molar-refractivity contribution in [2.75, 3.05) is 0 Å². The van der Waals surface area contributed by atoms with Crippen LogP contribution in [0, 0.1) is 12.7 Å². The number of carbonyl (C=O) groups is 1. The fourth-order valence-corrected chi connectivity index (χ4v) is 1.63. The third-order valence-electron chi connectivity index (χ3n) is 2.89. The molecule has 5 heteroatoms. The van der Waals surface area contributed by atoms with Crippen LogP contribution in [0.15, 0.2) is 41.5 Å². The highest BCUT2D eigenvalue weighted by Crippen LogP contribution is 2.06. The summed E-state index contributed by atoms with van der Waals surface area (Å²) in [7, 11) is 1.90. The molecule has 1 N–H and O–H groups in total. The van der Waals surface area contributed by atoms with Crippen LogP contribution in [-0.2, 0) is 7.05 Å². The summed E-state index contributed by atoms with van der Waals surface area (Å²) in [6.07, 6.45) is 1.52. The van der Waals surface area contributed by atoms with Gasteiger partial charge in [0.1, 0.15) is 5.82 Å². The number of rotatable bonds is 3. The van der Waals surface area contributed by atoms with Crippen molar-refractivity contribution in [3.8, 4) is 0 Å². The van der Waals surface area contributed by atoms with E-state index in [4.69, 9.17) is 0 Å². The summed E-state index contributed by atoms with van der Waals surface area (Å²) in [5.74, 6) is -1.13. The molecule has 1 amide bonds. The molecule has 98 valence electrons. The zero-order valence-electron chi connectivity index (χ0n) is 10.7. The Labute approximate surface area is 110 Å². The van der Waals surface area contributed by atoms with Crippen LogP contribution in [0.4, 0.5) is 4.39 Å². The first kappa shape index (κ1) is 13.0. The van der Waals surface area contributed by atoms with Gasteiger partial charge in [0, 0.05) is 12.7 Å². The van der Waals surface area contributed by atoms with Crippen molar-refractivity contribution in [3.05, 3.63) is 59.2 Å². The molecule has 1 aromatic heterocycles. The summed E-state index contributed by atoms with van der Waals surface area (Å²) in [4.78, 5) is 11.7. The summed E-state index contributed by atoms with van der Waals surface area (Å²) >= 11 is 0. The average Bonchev–Trinajstić information content (AvgIpc) is 2.71. The molecule has 0 radical (unpaired) electrons. The number of benzene rings is 1. The van der Waals surface area contributed by atoms with Gasteiger partial charge in [0.15, 0.2) is 0 Å². The van der Waals surface area contributed by atoms with Gasteiger partial charge >= 0.3 is 0 Å². The van der Waals surface area contributed by atoms with Crippen molar-refractivity contribution >= 4 is 12.1 Å². The van der Waals surface area contributed by atoms with E-state index in [1.165, 1.54) is 24.4 Å². The summed E-state index contributed by atoms with van der Waals surface area (Å²) in [5.41, 5.74) is 4.21. The number of nitrogens with one attached hydrogen (secondary N) is 1. The lowest BCUT2D eigenvalue weighted by atomic mass is 10.2. The first-order valence-corrected chi connectivity index (χ1v) is 5.80. The van der Waals surface area contributed by atoms with Gasteiger partial charge in [-0.2, -0.15) is 5.10 Å². The maximum atomic E-state index is 13.3. The van der Waals surface area contributed by atoms with Crippen molar-refractivity contribution in [1.29, 1.82) is 0 Å². The molecule has 0 aliphatic heterocycles. The quantitative estimate of drug-likeness (QED) is 0.667. The normalized spacial score (nSPS) is 10.9. The number of aryl methyl sites for hydroxylation is 1. The number of hydrogen-bond donors (Lipinski definition) is 1. The van der Waals surface area contributed by atoms with Crippen molar-refractivity contribution in [2.24, 2.45) is 12.1 Å². The van der Waals surface area contributed by atoms with Crippen LogP contribution in [0.2, 0.25) is 0 Å². The van der Waals surface area contributed by atoms with Gasteiger partial charge < -0.3 is 4.57 Å². The van der Waals surface area contributed by atoms with E-state index in [9.17, 15) is 9.18 Å². The molecule has 4 nitrogen and oxygen atoms in total. The van der Waals surface area contributed by atoms with Crippen molar-refractivity contribution in [2.45, 2.75) is 6.92 Å². The molecule has 19 heavy (non-hydrogen) atoms. The summed E-state index contributed by atoms with van der Waals surface area (Å²) < 4.78 is 15.3. The van der Waals surface area contributed by atoms with Gasteiger partial charge in [-0.05, 0) is 31.2 Å². The van der Waals surface area contributed by atoms with Crippen LogP contribution in [0.3, 0.4) is 0 Å². The summed E-state index contributed by atoms with van der Waals surface area (Å²) in [6, 6.07) is 9.60.